The summed E-state index contributed by atoms with van der Waals surface area (Å²) >= 11 is 0. The Bertz CT molecular complexity index is 1330. The molecule has 2 rings (SSSR count). The molecule has 1 aliphatic rings. The Balaban J connectivity index is 2.27. The zero-order valence-corrected chi connectivity index (χ0v) is 34.1. The number of carbonyl (C=O) groups is 5. The number of nitrogens with one attached hydrogen (secondary N) is 3. The Morgan fingerprint density at radius 3 is 2.02 bits per heavy atom. The van der Waals surface area contributed by atoms with E-state index < -0.39 is 48.3 Å². The summed E-state index contributed by atoms with van der Waals surface area (Å²) in [4.78, 5) is 71.2. The molecule has 1 heterocycles. The molecule has 53 heavy (non-hydrogen) atoms. The first-order valence-corrected chi connectivity index (χ1v) is 19.1. The summed E-state index contributed by atoms with van der Waals surface area (Å²) in [7, 11) is 7.81. The molecule has 0 bridgehead atoms. The predicted octanol–water partition coefficient (Wildman–Crippen LogP) is 3.19. The third-order valence-electron chi connectivity index (χ3n) is 10.8. The summed E-state index contributed by atoms with van der Waals surface area (Å²) < 4.78 is 16.9. The second-order valence-electron chi connectivity index (χ2n) is 15.1. The maximum absolute atomic E-state index is 14.2. The number of methoxy groups -OCH3 is 3. The van der Waals surface area contributed by atoms with Crippen molar-refractivity contribution >= 4 is 29.6 Å². The van der Waals surface area contributed by atoms with Crippen LogP contribution < -0.4 is 16.0 Å². The maximum Gasteiger partial charge on any atom is 0.328 e. The number of ether oxygens (including phenoxy) is 3. The number of rotatable bonds is 21. The quantitative estimate of drug-likeness (QED) is 0.161. The molecule has 1 fully saturated rings. The van der Waals surface area contributed by atoms with Crippen molar-refractivity contribution in [1.82, 2.24) is 25.8 Å². The third kappa shape index (κ3) is 12.2. The molecule has 1 saturated heterocycles. The van der Waals surface area contributed by atoms with E-state index >= 15 is 0 Å². The second-order valence-corrected chi connectivity index (χ2v) is 15.1. The third-order valence-corrected chi connectivity index (χ3v) is 10.8. The van der Waals surface area contributed by atoms with E-state index in [1.807, 2.05) is 71.9 Å². The zero-order chi connectivity index (χ0) is 40.0. The first-order valence-electron chi connectivity index (χ1n) is 19.1. The summed E-state index contributed by atoms with van der Waals surface area (Å²) in [5, 5.41) is 8.88. The van der Waals surface area contributed by atoms with E-state index in [1.165, 1.54) is 14.2 Å². The van der Waals surface area contributed by atoms with Gasteiger partial charge in [-0.3, -0.25) is 19.2 Å². The van der Waals surface area contributed by atoms with Crippen molar-refractivity contribution in [2.75, 3.05) is 42.0 Å². The molecule has 0 aromatic heterocycles. The SMILES string of the molecule is CCC(C)C(C(CC(=O)N1CCCC1C(OC)C(C)C(=O)NC(Cc1ccccc1)C(=O)OC)OC)N(C)C(=O)C(NC(=O)C(NC)C(C)C)C(C)C. The summed E-state index contributed by atoms with van der Waals surface area (Å²) in [5.74, 6) is -2.47. The zero-order valence-electron chi connectivity index (χ0n) is 34.1. The molecule has 0 radical (unpaired) electrons. The van der Waals surface area contributed by atoms with Crippen molar-refractivity contribution in [2.24, 2.45) is 23.7 Å². The molecular weight excluding hydrogens is 678 g/mol. The highest BCUT2D eigenvalue weighted by atomic mass is 16.5. The molecule has 13 nitrogen and oxygen atoms in total. The van der Waals surface area contributed by atoms with Crippen LogP contribution in [0.1, 0.15) is 79.7 Å². The summed E-state index contributed by atoms with van der Waals surface area (Å²) in [5.41, 5.74) is 0.875. The minimum absolute atomic E-state index is 0.00596. The highest BCUT2D eigenvalue weighted by Gasteiger charge is 2.43. The number of hydrogen-bond acceptors (Lipinski definition) is 9. The largest absolute Gasteiger partial charge is 0.467 e. The molecule has 300 valence electrons. The van der Waals surface area contributed by atoms with Gasteiger partial charge in [0.25, 0.3) is 0 Å². The number of likely N-dealkylation sites (tertiary alicyclic amines) is 1. The van der Waals surface area contributed by atoms with Crippen LogP contribution in [-0.4, -0.2) is 124 Å². The van der Waals surface area contributed by atoms with Gasteiger partial charge in [-0.1, -0.05) is 85.2 Å². The van der Waals surface area contributed by atoms with Crippen LogP contribution in [0.15, 0.2) is 30.3 Å². The van der Waals surface area contributed by atoms with Crippen LogP contribution in [0.5, 0.6) is 0 Å². The fourth-order valence-electron chi connectivity index (χ4n) is 7.54. The highest BCUT2D eigenvalue weighted by Crippen LogP contribution is 2.30. The van der Waals surface area contributed by atoms with Crippen LogP contribution >= 0.6 is 0 Å². The van der Waals surface area contributed by atoms with Crippen molar-refractivity contribution in [3.05, 3.63) is 35.9 Å². The van der Waals surface area contributed by atoms with Gasteiger partial charge in [0.1, 0.15) is 12.1 Å². The van der Waals surface area contributed by atoms with Gasteiger partial charge in [0.15, 0.2) is 0 Å². The van der Waals surface area contributed by atoms with Gasteiger partial charge in [0.2, 0.25) is 23.6 Å². The molecule has 4 amide bonds. The lowest BCUT2D eigenvalue weighted by Gasteiger charge is -2.41. The summed E-state index contributed by atoms with van der Waals surface area (Å²) in [6.07, 6.45) is 1.08. The van der Waals surface area contributed by atoms with Gasteiger partial charge < -0.3 is 40.0 Å². The molecule has 9 atom stereocenters. The van der Waals surface area contributed by atoms with Gasteiger partial charge in [0, 0.05) is 34.2 Å². The van der Waals surface area contributed by atoms with Crippen LogP contribution in [0.4, 0.5) is 0 Å². The van der Waals surface area contributed by atoms with Gasteiger partial charge in [-0.2, -0.15) is 0 Å². The van der Waals surface area contributed by atoms with Crippen molar-refractivity contribution in [1.29, 1.82) is 0 Å². The lowest BCUT2D eigenvalue weighted by molar-refractivity contribution is -0.148. The van der Waals surface area contributed by atoms with E-state index in [4.69, 9.17) is 14.2 Å². The van der Waals surface area contributed by atoms with E-state index in [-0.39, 0.29) is 60.3 Å². The van der Waals surface area contributed by atoms with Crippen LogP contribution in [0.25, 0.3) is 0 Å². The molecule has 1 aliphatic heterocycles. The van der Waals surface area contributed by atoms with E-state index in [1.54, 1.807) is 37.9 Å². The number of carbonyl (C=O) groups excluding carboxylic acids is 5. The van der Waals surface area contributed by atoms with Crippen molar-refractivity contribution in [3.8, 4) is 0 Å². The average Bonchev–Trinajstić information content (AvgIpc) is 3.62. The molecule has 1 aromatic carbocycles. The fourth-order valence-corrected chi connectivity index (χ4v) is 7.54. The molecule has 3 N–H and O–H groups in total. The minimum Gasteiger partial charge on any atom is -0.467 e. The maximum atomic E-state index is 14.2. The average molecular weight is 746 g/mol. The van der Waals surface area contributed by atoms with Gasteiger partial charge in [-0.15, -0.1) is 0 Å². The topological polar surface area (TPSA) is 156 Å². The Kier molecular flexibility index (Phi) is 18.9. The van der Waals surface area contributed by atoms with E-state index in [0.717, 1.165) is 18.4 Å². The first-order chi connectivity index (χ1) is 25.1. The Labute approximate surface area is 317 Å². The number of likely N-dealkylation sites (N-methyl/N-ethyl adjacent to an activating group) is 2. The molecule has 1 aromatic rings. The standard InChI is InChI=1S/C40H67N5O8/c1-13-26(6)35(44(9)39(49)34(25(4)5)43-38(48)33(41-8)24(2)3)31(51-10)23-32(46)45-21-17-20-30(45)36(52-11)27(7)37(47)42-29(40(50)53-12)22-28-18-15-14-16-19-28/h14-16,18-19,24-27,29-31,33-36,41H,13,17,20-23H2,1-12H3,(H,42,47)(H,43,48). The molecule has 0 saturated carbocycles. The number of esters is 1. The first kappa shape index (κ1) is 45.6. The normalized spacial score (nSPS) is 19.1. The lowest BCUT2D eigenvalue weighted by Crippen LogP contribution is -2.59. The van der Waals surface area contributed by atoms with Crippen LogP contribution in [0.2, 0.25) is 0 Å². The highest BCUT2D eigenvalue weighted by molar-refractivity contribution is 5.90. The number of amides is 4. The van der Waals surface area contributed by atoms with Crippen molar-refractivity contribution in [2.45, 2.75) is 123 Å². The van der Waals surface area contributed by atoms with E-state index in [9.17, 15) is 24.0 Å². The molecule has 9 unspecified atom stereocenters. The monoisotopic (exact) mass is 745 g/mol. The van der Waals surface area contributed by atoms with Gasteiger partial charge >= 0.3 is 5.97 Å². The summed E-state index contributed by atoms with van der Waals surface area (Å²) in [6, 6.07) is 6.41. The second kappa shape index (κ2) is 22.0. The minimum atomic E-state index is -0.889. The summed E-state index contributed by atoms with van der Waals surface area (Å²) in [6.45, 7) is 14.0. The Morgan fingerprint density at radius 2 is 1.51 bits per heavy atom. The molecule has 0 aliphatic carbocycles. The number of nitrogens with zero attached hydrogens (tertiary/aromatic N) is 2. The number of hydrogen-bond donors (Lipinski definition) is 3. The molecule has 13 heteroatoms. The Hall–Kier alpha value is -3.55. The van der Waals surface area contributed by atoms with Crippen molar-refractivity contribution in [3.63, 3.8) is 0 Å². The van der Waals surface area contributed by atoms with Gasteiger partial charge in [0.05, 0.1) is 49.8 Å². The van der Waals surface area contributed by atoms with Crippen LogP contribution in [0, 0.1) is 23.7 Å². The van der Waals surface area contributed by atoms with Crippen LogP contribution in [0.3, 0.4) is 0 Å². The van der Waals surface area contributed by atoms with Crippen LogP contribution in [-0.2, 0) is 44.6 Å². The number of benzene rings is 1. The molecule has 0 spiro atoms. The Morgan fingerprint density at radius 1 is 0.887 bits per heavy atom. The van der Waals surface area contributed by atoms with E-state index in [2.05, 4.69) is 16.0 Å². The van der Waals surface area contributed by atoms with E-state index in [0.29, 0.717) is 13.0 Å². The lowest BCUT2D eigenvalue weighted by atomic mass is 9.89. The fraction of sp³-hybridized carbons (Fsp3) is 0.725. The smallest absolute Gasteiger partial charge is 0.328 e. The van der Waals surface area contributed by atoms with Crippen molar-refractivity contribution < 1.29 is 38.2 Å². The predicted molar refractivity (Wildman–Crippen MR) is 205 cm³/mol. The van der Waals surface area contributed by atoms with Gasteiger partial charge in [-0.05, 0) is 43.2 Å². The molecular formula is C40H67N5O8. The van der Waals surface area contributed by atoms with Gasteiger partial charge in [-0.25, -0.2) is 4.79 Å².